The quantitative estimate of drug-likeness (QED) is 0.584. The lowest BCUT2D eigenvalue weighted by atomic mass is 10.1. The van der Waals surface area contributed by atoms with Crippen molar-refractivity contribution in [3.63, 3.8) is 0 Å². The first-order valence-corrected chi connectivity index (χ1v) is 5.40. The minimum absolute atomic E-state index is 0. The summed E-state index contributed by atoms with van der Waals surface area (Å²) in [7, 11) is 0. The smallest absolute Gasteiger partial charge is 0.349 e. The molecule has 3 N–H and O–H groups in total. The zero-order chi connectivity index (χ0) is 14.3. The molecule has 1 aromatic carbocycles. The fourth-order valence-electron chi connectivity index (χ4n) is 1.39. The van der Waals surface area contributed by atoms with Crippen molar-refractivity contribution < 1.29 is 9.53 Å². The standard InChI is InChI=1S/C14H9N3O2.HI.H3N/c1-2-19-14(18)13(9-17)11-5-3-10(4-6-11)12(7-15)8-16;;/h3-6H,2H2,1H3;1H;1H3. The molecule has 0 bridgehead atoms. The van der Waals surface area contributed by atoms with Crippen LogP contribution in [0.1, 0.15) is 6.92 Å². The third-order valence-corrected chi connectivity index (χ3v) is 2.28. The van der Waals surface area contributed by atoms with Gasteiger partial charge in [-0.1, -0.05) is 24.3 Å². The molecule has 0 aromatic heterocycles. The van der Waals surface area contributed by atoms with Gasteiger partial charge >= 0.3 is 5.97 Å². The highest BCUT2D eigenvalue weighted by Gasteiger charge is 2.10. The van der Waals surface area contributed by atoms with E-state index < -0.39 is 5.97 Å². The van der Waals surface area contributed by atoms with Crippen LogP contribution in [0.25, 0.3) is 11.1 Å². The Bertz CT molecular complexity index is 712. The molecule has 0 spiro atoms. The van der Waals surface area contributed by atoms with E-state index in [2.05, 4.69) is 0 Å². The molecule has 0 heterocycles. The lowest BCUT2D eigenvalue weighted by Crippen LogP contribution is -2.17. The van der Waals surface area contributed by atoms with Gasteiger partial charge in [-0.25, -0.2) is 4.79 Å². The Balaban J connectivity index is 0. The predicted molar refractivity (Wildman–Crippen MR) is 86.4 cm³/mol. The number of carbonyl (C=O) groups is 1. The van der Waals surface area contributed by atoms with Crippen molar-refractivity contribution in [2.75, 3.05) is 6.61 Å². The Morgan fingerprint density at radius 1 is 1.05 bits per heavy atom. The van der Waals surface area contributed by atoms with E-state index in [0.29, 0.717) is 10.4 Å². The molecule has 0 unspecified atom stereocenters. The summed E-state index contributed by atoms with van der Waals surface area (Å²) < 4.78 is 4.76. The number of benzene rings is 1. The van der Waals surface area contributed by atoms with Crippen molar-refractivity contribution in [3.8, 4) is 18.2 Å². The van der Waals surface area contributed by atoms with Gasteiger partial charge in [0.2, 0.25) is 0 Å². The van der Waals surface area contributed by atoms with Gasteiger partial charge < -0.3 is 10.9 Å². The molecule has 0 aliphatic rings. The van der Waals surface area contributed by atoms with Crippen LogP contribution in [0, 0.1) is 34.0 Å². The molecule has 1 rings (SSSR count). The van der Waals surface area contributed by atoms with Gasteiger partial charge in [0, 0.05) is 5.22 Å². The van der Waals surface area contributed by atoms with Crippen molar-refractivity contribution in [3.05, 3.63) is 34.7 Å². The van der Waals surface area contributed by atoms with Crippen LogP contribution in [0.2, 0.25) is 0 Å². The van der Waals surface area contributed by atoms with Crippen molar-refractivity contribution in [2.45, 2.75) is 6.92 Å². The Morgan fingerprint density at radius 3 is 1.90 bits per heavy atom. The average Bonchev–Trinajstić information content (AvgIpc) is 2.43. The van der Waals surface area contributed by atoms with E-state index in [9.17, 15) is 4.79 Å². The monoisotopic (exact) mass is 396 g/mol. The van der Waals surface area contributed by atoms with Gasteiger partial charge in [-0.05, 0) is 12.1 Å². The van der Waals surface area contributed by atoms with Gasteiger partial charge in [-0.2, -0.15) is 15.8 Å². The highest BCUT2D eigenvalue weighted by atomic mass is 127. The number of hydrogen-bond donors (Lipinski definition) is 1. The average molecular weight is 396 g/mol. The number of esters is 1. The molecule has 0 saturated heterocycles. The van der Waals surface area contributed by atoms with Gasteiger partial charge in [0.25, 0.3) is 0 Å². The lowest BCUT2D eigenvalue weighted by Gasteiger charge is -1.99. The lowest BCUT2D eigenvalue weighted by molar-refractivity contribution is -0.136. The second kappa shape index (κ2) is 10.4. The summed E-state index contributed by atoms with van der Waals surface area (Å²) in [6.45, 7) is 1.83. The Kier molecular flexibility index (Phi) is 10.3. The first-order valence-electron chi connectivity index (χ1n) is 5.40. The summed E-state index contributed by atoms with van der Waals surface area (Å²) in [6, 6.07) is 11.3. The molecule has 0 fully saturated rings. The Hall–Kier alpha value is -2.41. The maximum atomic E-state index is 11.5. The van der Waals surface area contributed by atoms with Gasteiger partial charge in [-0.15, -0.1) is 24.0 Å². The summed E-state index contributed by atoms with van der Waals surface area (Å²) in [5, 5.41) is 27.2. The van der Waals surface area contributed by atoms with E-state index in [1.54, 1.807) is 25.1 Å². The van der Waals surface area contributed by atoms with Crippen LogP contribution in [-0.4, -0.2) is 12.6 Å². The van der Waals surface area contributed by atoms with E-state index in [0.717, 1.165) is 0 Å². The number of nitriles is 3. The molecular formula is C14H13IN4O2. The Morgan fingerprint density at radius 2 is 1.52 bits per heavy atom. The van der Waals surface area contributed by atoms with Crippen molar-refractivity contribution in [1.82, 2.24) is 6.15 Å². The Labute approximate surface area is 139 Å². The first kappa shape index (κ1) is 20.9. The van der Waals surface area contributed by atoms with Crippen molar-refractivity contribution in [1.29, 1.82) is 15.8 Å². The minimum atomic E-state index is -0.692. The predicted octanol–water partition coefficient (Wildman–Crippen LogP) is 0.902. The van der Waals surface area contributed by atoms with Crippen LogP contribution < -0.4 is 16.6 Å². The first-order chi connectivity index (χ1) is 9.17. The third kappa shape index (κ3) is 5.23. The second-order valence-corrected chi connectivity index (χ2v) is 3.38. The fourth-order valence-corrected chi connectivity index (χ4v) is 1.39. The van der Waals surface area contributed by atoms with Gasteiger partial charge in [0.1, 0.15) is 29.4 Å². The van der Waals surface area contributed by atoms with Crippen LogP contribution in [0.15, 0.2) is 24.3 Å². The highest BCUT2D eigenvalue weighted by Crippen LogP contribution is 1.95. The SMILES string of the molecule is CCOC(=O)C(C#N)=c1ccc(=C(C#N)C#N)cc1.I.N. The number of halogens is 1. The van der Waals surface area contributed by atoms with Gasteiger partial charge in [0.15, 0.2) is 0 Å². The molecular weight excluding hydrogens is 383 g/mol. The topological polar surface area (TPSA) is 133 Å². The summed E-state index contributed by atoms with van der Waals surface area (Å²) in [6.07, 6.45) is 0. The summed E-state index contributed by atoms with van der Waals surface area (Å²) in [4.78, 5) is 11.5. The minimum Gasteiger partial charge on any atom is -0.462 e. The molecule has 0 aliphatic heterocycles. The molecule has 0 amide bonds. The van der Waals surface area contributed by atoms with E-state index in [4.69, 9.17) is 20.5 Å². The zero-order valence-electron chi connectivity index (χ0n) is 11.3. The largest absolute Gasteiger partial charge is 0.462 e. The van der Waals surface area contributed by atoms with E-state index >= 15 is 0 Å². The molecule has 7 heteroatoms. The van der Waals surface area contributed by atoms with Crippen LogP contribution in [0.4, 0.5) is 0 Å². The number of rotatable bonds is 2. The normalized spacial score (nSPS) is 7.71. The van der Waals surface area contributed by atoms with Crippen LogP contribution in [0.3, 0.4) is 0 Å². The number of hydrogen-bond acceptors (Lipinski definition) is 6. The molecule has 0 aliphatic carbocycles. The van der Waals surface area contributed by atoms with Gasteiger partial charge in [-0.3, -0.25) is 0 Å². The zero-order valence-corrected chi connectivity index (χ0v) is 13.6. The van der Waals surface area contributed by atoms with Crippen LogP contribution >= 0.6 is 24.0 Å². The summed E-state index contributed by atoms with van der Waals surface area (Å²) >= 11 is 0. The number of ether oxygens (including phenoxy) is 1. The third-order valence-electron chi connectivity index (χ3n) is 2.28. The maximum absolute atomic E-state index is 11.5. The molecule has 108 valence electrons. The number of carbonyl (C=O) groups excluding carboxylic acids is 1. The molecule has 0 saturated carbocycles. The highest BCUT2D eigenvalue weighted by molar-refractivity contribution is 14.0. The summed E-state index contributed by atoms with van der Waals surface area (Å²) in [5.41, 5.74) is -0.134. The van der Waals surface area contributed by atoms with Crippen molar-refractivity contribution >= 4 is 41.1 Å². The van der Waals surface area contributed by atoms with E-state index in [1.807, 2.05) is 0 Å². The van der Waals surface area contributed by atoms with Crippen molar-refractivity contribution in [2.24, 2.45) is 0 Å². The van der Waals surface area contributed by atoms with E-state index in [-0.39, 0.29) is 47.9 Å². The van der Waals surface area contributed by atoms with Crippen LogP contribution in [-0.2, 0) is 9.53 Å². The molecule has 1 aromatic rings. The number of nitrogens with zero attached hydrogens (tertiary/aromatic N) is 3. The second-order valence-electron chi connectivity index (χ2n) is 3.38. The molecule has 0 atom stereocenters. The molecule has 21 heavy (non-hydrogen) atoms. The summed E-state index contributed by atoms with van der Waals surface area (Å²) in [5.74, 6) is -0.692. The van der Waals surface area contributed by atoms with Gasteiger partial charge in [0.05, 0.1) is 6.61 Å². The fraction of sp³-hybridized carbons (Fsp3) is 0.143. The molecule has 6 nitrogen and oxygen atoms in total. The van der Waals surface area contributed by atoms with Crippen LogP contribution in [0.5, 0.6) is 0 Å². The maximum Gasteiger partial charge on any atom is 0.349 e. The van der Waals surface area contributed by atoms with E-state index in [1.165, 1.54) is 24.3 Å². The molecule has 0 radical (unpaired) electrons.